The van der Waals surface area contributed by atoms with Gasteiger partial charge in [0.25, 0.3) is 0 Å². The molecule has 1 aromatic heterocycles. The molecule has 258 valence electrons. The molecule has 0 aliphatic carbocycles. The molecule has 0 amide bonds. The van der Waals surface area contributed by atoms with E-state index in [0.29, 0.717) is 10.9 Å². The van der Waals surface area contributed by atoms with Crippen molar-refractivity contribution >= 4 is 84.9 Å². The van der Waals surface area contributed by atoms with Crippen LogP contribution in [0.1, 0.15) is 6.92 Å². The van der Waals surface area contributed by atoms with Gasteiger partial charge in [0.15, 0.2) is 0 Å². The first-order chi connectivity index (χ1) is 26.6. The predicted octanol–water partition coefficient (Wildman–Crippen LogP) is 3.17. The summed E-state index contributed by atoms with van der Waals surface area (Å²) in [6.07, 6.45) is 0. The van der Waals surface area contributed by atoms with Crippen LogP contribution < -0.4 is 16.1 Å². The van der Waals surface area contributed by atoms with Crippen LogP contribution in [0.5, 0.6) is 11.5 Å². The van der Waals surface area contributed by atoms with Crippen molar-refractivity contribution in [2.75, 3.05) is 0 Å². The van der Waals surface area contributed by atoms with Crippen LogP contribution in [0, 0.1) is 5.11 Å². The van der Waals surface area contributed by atoms with Gasteiger partial charge in [-0.15, -0.1) is 0 Å². The van der Waals surface area contributed by atoms with E-state index in [1.807, 2.05) is 52.1 Å². The van der Waals surface area contributed by atoms with E-state index >= 15 is 0 Å². The number of hydrogen-bond acceptors (Lipinski definition) is 3. The van der Waals surface area contributed by atoms with E-state index in [-0.39, 0.29) is 11.5 Å². The quantitative estimate of drug-likeness (QED) is 0.207. The summed E-state index contributed by atoms with van der Waals surface area (Å²) in [4.78, 5) is 5.12. The van der Waals surface area contributed by atoms with Crippen LogP contribution in [-0.4, -0.2) is 66.5 Å². The van der Waals surface area contributed by atoms with Gasteiger partial charge in [0.2, 0.25) is 0 Å². The number of benzene rings is 7. The Labute approximate surface area is 327 Å². The van der Waals surface area contributed by atoms with E-state index in [2.05, 4.69) is 132 Å². The third-order valence-electron chi connectivity index (χ3n) is 11.2. The average Bonchev–Trinajstić information content (AvgIpc) is 3.61. The molecule has 0 unspecified atom stereocenters. The molecule has 4 nitrogen and oxygen atoms in total. The van der Waals surface area contributed by atoms with Crippen LogP contribution in [0.4, 0.5) is 0 Å². The number of nitrogens with zero attached hydrogens (tertiary/aromatic N) is 2. The van der Waals surface area contributed by atoms with E-state index in [9.17, 15) is 10.2 Å². The molecule has 2 N–H and O–H groups in total. The summed E-state index contributed by atoms with van der Waals surface area (Å²) >= 11 is 0. The fourth-order valence-electron chi connectivity index (χ4n) is 8.15. The minimum absolute atomic E-state index is 0.115. The summed E-state index contributed by atoms with van der Waals surface area (Å²) < 4.78 is 2.23. The normalized spacial score (nSPS) is 12.5. The zero-order chi connectivity index (χ0) is 38.5. The molecule has 1 heterocycles. The fourth-order valence-corrected chi connectivity index (χ4v) is 8.15. The van der Waals surface area contributed by atoms with Gasteiger partial charge in [0.1, 0.15) is 0 Å². The molecule has 0 saturated heterocycles. The predicted molar refractivity (Wildman–Crippen MR) is 247 cm³/mol. The molecular weight excluding hydrogens is 665 g/mol. The number of hydrogen-bond donors (Lipinski definition) is 2. The van der Waals surface area contributed by atoms with Gasteiger partial charge in [0.05, 0.1) is 0 Å². The SMILES string of the molecule is B=c1c(-c2ccccc2-c2ccccc2)c2c(B)c(O)c(O)c(B)c2c(-c2cccc(-n3c(-c4ccccc4)nc4ccccc43)c2)/c1=C(B)/C(B)=C(/B)C. The molecule has 55 heavy (non-hydrogen) atoms. The Bertz CT molecular complexity index is 2980. The van der Waals surface area contributed by atoms with Crippen molar-refractivity contribution in [2.24, 2.45) is 0 Å². The molecule has 0 spiro atoms. The number of fused-ring (bicyclic) bond motifs is 2. The third kappa shape index (κ3) is 5.97. The second-order valence-corrected chi connectivity index (χ2v) is 14.6. The number of rotatable bonds is 6. The molecule has 0 aliphatic rings. The first kappa shape index (κ1) is 35.9. The van der Waals surface area contributed by atoms with Crippen molar-refractivity contribution in [3.8, 4) is 62.0 Å². The van der Waals surface area contributed by atoms with Crippen LogP contribution >= 0.6 is 0 Å². The Morgan fingerprint density at radius 3 is 1.82 bits per heavy atom. The van der Waals surface area contributed by atoms with Crippen molar-refractivity contribution in [3.63, 3.8) is 0 Å². The van der Waals surface area contributed by atoms with Crippen LogP contribution in [0.2, 0.25) is 0 Å². The van der Waals surface area contributed by atoms with Crippen LogP contribution in [0.15, 0.2) is 144 Å². The number of allylic oxidation sites excluding steroid dienone is 2. The zero-order valence-electron chi connectivity index (χ0n) is 32.2. The molecule has 0 atom stereocenters. The number of aromatic hydroxyl groups is 2. The first-order valence-electron chi connectivity index (χ1n) is 18.7. The van der Waals surface area contributed by atoms with Gasteiger partial charge in [-0.25, -0.2) is 0 Å². The Morgan fingerprint density at radius 2 is 1.16 bits per heavy atom. The summed E-state index contributed by atoms with van der Waals surface area (Å²) in [6, 6.07) is 45.9. The average molecular weight is 704 g/mol. The molecule has 0 saturated carbocycles. The molecule has 8 aromatic rings. The van der Waals surface area contributed by atoms with Gasteiger partial charge in [-0.3, -0.25) is 0 Å². The number of phenols is 2. The number of aromatic nitrogens is 2. The molecular formula is C45H38B6N2O2. The van der Waals surface area contributed by atoms with Crippen LogP contribution in [-0.2, 0) is 0 Å². The Hall–Kier alpha value is -6.13. The molecule has 0 bridgehead atoms. The van der Waals surface area contributed by atoms with E-state index < -0.39 is 0 Å². The fraction of sp³-hybridized carbons (Fsp3) is 0.0222. The Morgan fingerprint density at radius 1 is 0.618 bits per heavy atom. The summed E-state index contributed by atoms with van der Waals surface area (Å²) in [7, 11) is 15.2. The molecule has 10 heteroatoms. The van der Waals surface area contributed by atoms with Crippen LogP contribution in [0.25, 0.3) is 77.7 Å². The van der Waals surface area contributed by atoms with E-state index in [0.717, 1.165) is 88.1 Å². The van der Waals surface area contributed by atoms with E-state index in [4.69, 9.17) is 12.5 Å². The van der Waals surface area contributed by atoms with Crippen LogP contribution in [0.3, 0.4) is 0 Å². The molecule has 0 radical (unpaired) electrons. The second kappa shape index (κ2) is 14.3. The topological polar surface area (TPSA) is 58.3 Å². The molecule has 8 rings (SSSR count). The van der Waals surface area contributed by atoms with Crippen molar-refractivity contribution in [1.29, 1.82) is 0 Å². The number of phenolic OH excluding ortho intramolecular Hbond substituents is 2. The minimum atomic E-state index is -0.117. The van der Waals surface area contributed by atoms with E-state index in [1.54, 1.807) is 0 Å². The maximum absolute atomic E-state index is 11.6. The Kier molecular flexibility index (Phi) is 9.30. The van der Waals surface area contributed by atoms with Gasteiger partial charge in [0, 0.05) is 0 Å². The standard InChI is InChI=1S/C45H38B6N2O2/c1-24(46)38(47)40(49)37-33(27-17-12-18-28(23-27)53-32-22-11-10-21-31(32)52-45(53)26-15-6-3-7-16-26)35-36(42(51)44(55)43(54)41(35)50)34(39(37)48)30-20-9-8-19-29(30)25-13-4-2-5-14-25/h2-23,48,54-55H,46-47,49-51H2,1H3/b38-24-,40-37+. The second-order valence-electron chi connectivity index (χ2n) is 14.6. The summed E-state index contributed by atoms with van der Waals surface area (Å²) in [5.74, 6) is 0.623. The Balaban J connectivity index is 1.56. The maximum atomic E-state index is 11.6. The summed E-state index contributed by atoms with van der Waals surface area (Å²) in [5, 5.41) is 26.8. The van der Waals surface area contributed by atoms with Gasteiger partial charge < -0.3 is 0 Å². The molecule has 0 fully saturated rings. The zero-order valence-corrected chi connectivity index (χ0v) is 32.2. The summed E-state index contributed by atoms with van der Waals surface area (Å²) in [5.41, 5.74) is 14.6. The number of imidazole rings is 1. The molecule has 7 aromatic carbocycles. The first-order valence-corrected chi connectivity index (χ1v) is 18.7. The van der Waals surface area contributed by atoms with Gasteiger partial charge in [-0.1, -0.05) is 0 Å². The van der Waals surface area contributed by atoms with Crippen molar-refractivity contribution < 1.29 is 10.2 Å². The number of para-hydroxylation sites is 2. The van der Waals surface area contributed by atoms with Gasteiger partial charge >= 0.3 is 328 Å². The van der Waals surface area contributed by atoms with Crippen molar-refractivity contribution in [1.82, 2.24) is 9.55 Å². The van der Waals surface area contributed by atoms with Gasteiger partial charge in [-0.2, -0.15) is 0 Å². The monoisotopic (exact) mass is 704 g/mol. The van der Waals surface area contributed by atoms with Gasteiger partial charge in [-0.05, 0) is 0 Å². The summed E-state index contributed by atoms with van der Waals surface area (Å²) in [6.45, 7) is 2.14. The third-order valence-corrected chi connectivity index (χ3v) is 11.2. The van der Waals surface area contributed by atoms with Crippen molar-refractivity contribution in [3.05, 3.63) is 155 Å². The van der Waals surface area contributed by atoms with E-state index in [1.165, 1.54) is 10.9 Å². The van der Waals surface area contributed by atoms with Crippen molar-refractivity contribution in [2.45, 2.75) is 6.92 Å². The molecule has 0 aliphatic heterocycles.